The van der Waals surface area contributed by atoms with Crippen molar-refractivity contribution in [3.63, 3.8) is 0 Å². The summed E-state index contributed by atoms with van der Waals surface area (Å²) in [6, 6.07) is 15.3. The topological polar surface area (TPSA) is 41.5 Å². The monoisotopic (exact) mass is 315 g/mol. The summed E-state index contributed by atoms with van der Waals surface area (Å²) in [6.45, 7) is 1.36. The van der Waals surface area contributed by atoms with Crippen LogP contribution in [0.3, 0.4) is 0 Å². The molecule has 2 rings (SSSR count). The fourth-order valence-electron chi connectivity index (χ4n) is 1.94. The molecule has 0 spiro atoms. The standard InChI is InChI=1S/C19H22FNO2/c1-14(13-22)19(20)23-18-11-7-16(8-12-18)4-3-15-5-9-17(21-2)10-6-15/h3-12,14,19,21-22H,13H2,1-2H3. The van der Waals surface area contributed by atoms with Crippen LogP contribution in [0.4, 0.5) is 10.1 Å². The van der Waals surface area contributed by atoms with Gasteiger partial charge in [-0.25, -0.2) is 4.39 Å². The molecule has 2 N–H and O–H groups in total. The Morgan fingerprint density at radius 1 is 1.04 bits per heavy atom. The summed E-state index contributed by atoms with van der Waals surface area (Å²) < 4.78 is 18.8. The Labute approximate surface area is 136 Å². The van der Waals surface area contributed by atoms with Crippen molar-refractivity contribution in [2.24, 2.45) is 5.92 Å². The van der Waals surface area contributed by atoms with Crippen LogP contribution in [0.15, 0.2) is 48.5 Å². The van der Waals surface area contributed by atoms with Crippen molar-refractivity contribution in [2.75, 3.05) is 19.0 Å². The SMILES string of the molecule is CNc1ccc(C=Cc2ccc(OC(F)C(C)CO)cc2)cc1. The van der Waals surface area contributed by atoms with Gasteiger partial charge in [0.05, 0.1) is 6.61 Å². The van der Waals surface area contributed by atoms with E-state index in [9.17, 15) is 4.39 Å². The van der Waals surface area contributed by atoms with E-state index < -0.39 is 12.3 Å². The fourth-order valence-corrected chi connectivity index (χ4v) is 1.94. The molecule has 0 aromatic heterocycles. The first kappa shape index (κ1) is 17.0. The number of ether oxygens (including phenoxy) is 1. The molecule has 0 aliphatic rings. The van der Waals surface area contributed by atoms with Crippen molar-refractivity contribution in [1.29, 1.82) is 0 Å². The summed E-state index contributed by atoms with van der Waals surface area (Å²) in [7, 11) is 1.89. The Morgan fingerprint density at radius 3 is 2.04 bits per heavy atom. The van der Waals surface area contributed by atoms with Gasteiger partial charge in [-0.15, -0.1) is 0 Å². The third-order valence-electron chi connectivity index (χ3n) is 3.53. The molecule has 0 aliphatic heterocycles. The highest BCUT2D eigenvalue weighted by atomic mass is 19.1. The second-order valence-corrected chi connectivity index (χ2v) is 5.40. The highest BCUT2D eigenvalue weighted by molar-refractivity contribution is 5.70. The molecule has 0 fully saturated rings. The Balaban J connectivity index is 1.97. The number of halogens is 1. The number of aliphatic hydroxyl groups excluding tert-OH is 1. The predicted octanol–water partition coefficient (Wildman–Crippen LogP) is 4.20. The van der Waals surface area contributed by atoms with Crippen molar-refractivity contribution >= 4 is 17.8 Å². The zero-order valence-electron chi connectivity index (χ0n) is 13.4. The molecule has 23 heavy (non-hydrogen) atoms. The Hall–Kier alpha value is -2.33. The molecular weight excluding hydrogens is 293 g/mol. The van der Waals surface area contributed by atoms with Crippen LogP contribution in [0, 0.1) is 5.92 Å². The largest absolute Gasteiger partial charge is 0.460 e. The third kappa shape index (κ3) is 5.11. The zero-order valence-corrected chi connectivity index (χ0v) is 13.4. The molecule has 2 unspecified atom stereocenters. The number of hydrogen-bond acceptors (Lipinski definition) is 3. The number of anilines is 1. The number of nitrogens with one attached hydrogen (secondary N) is 1. The molecule has 122 valence electrons. The molecular formula is C19H22FNO2. The van der Waals surface area contributed by atoms with Crippen LogP contribution in [0.2, 0.25) is 0 Å². The summed E-state index contributed by atoms with van der Waals surface area (Å²) in [5.74, 6) is -0.0940. The van der Waals surface area contributed by atoms with Gasteiger partial charge in [0, 0.05) is 18.7 Å². The Bertz CT molecular complexity index is 623. The van der Waals surface area contributed by atoms with E-state index in [1.807, 2.05) is 55.6 Å². The van der Waals surface area contributed by atoms with Crippen LogP contribution in [0.5, 0.6) is 5.75 Å². The van der Waals surface area contributed by atoms with Crippen molar-refractivity contribution in [3.05, 3.63) is 59.7 Å². The normalized spacial score (nSPS) is 13.7. The maximum absolute atomic E-state index is 13.6. The van der Waals surface area contributed by atoms with E-state index in [-0.39, 0.29) is 6.61 Å². The van der Waals surface area contributed by atoms with Gasteiger partial charge in [0.25, 0.3) is 0 Å². The smallest absolute Gasteiger partial charge is 0.243 e. The first-order valence-electron chi connectivity index (χ1n) is 7.60. The van der Waals surface area contributed by atoms with Crippen molar-refractivity contribution in [2.45, 2.75) is 13.3 Å². The van der Waals surface area contributed by atoms with E-state index in [1.165, 1.54) is 0 Å². The lowest BCUT2D eigenvalue weighted by molar-refractivity contribution is -0.00281. The first-order chi connectivity index (χ1) is 11.1. The van der Waals surface area contributed by atoms with Gasteiger partial charge in [-0.2, -0.15) is 0 Å². The average molecular weight is 315 g/mol. The lowest BCUT2D eigenvalue weighted by Crippen LogP contribution is -2.22. The number of aliphatic hydroxyl groups is 1. The summed E-state index contributed by atoms with van der Waals surface area (Å²) >= 11 is 0. The zero-order chi connectivity index (χ0) is 16.7. The van der Waals surface area contributed by atoms with Gasteiger partial charge in [-0.3, -0.25) is 0 Å². The molecule has 2 aromatic carbocycles. The molecule has 0 radical (unpaired) electrons. The Morgan fingerprint density at radius 2 is 1.57 bits per heavy atom. The molecule has 3 nitrogen and oxygen atoms in total. The average Bonchev–Trinajstić information content (AvgIpc) is 2.60. The van der Waals surface area contributed by atoms with Gasteiger partial charge in [0.1, 0.15) is 5.75 Å². The minimum Gasteiger partial charge on any atom is -0.460 e. The maximum atomic E-state index is 13.6. The van der Waals surface area contributed by atoms with Crippen LogP contribution in [0.25, 0.3) is 12.2 Å². The predicted molar refractivity (Wildman–Crippen MR) is 93.1 cm³/mol. The molecule has 0 aliphatic carbocycles. The van der Waals surface area contributed by atoms with Gasteiger partial charge in [-0.05, 0) is 35.4 Å². The van der Waals surface area contributed by atoms with Gasteiger partial charge < -0.3 is 15.2 Å². The van der Waals surface area contributed by atoms with Crippen LogP contribution >= 0.6 is 0 Å². The summed E-state index contributed by atoms with van der Waals surface area (Å²) in [6.07, 6.45) is 2.50. The summed E-state index contributed by atoms with van der Waals surface area (Å²) in [5.41, 5.74) is 3.17. The minimum absolute atomic E-state index is 0.242. The van der Waals surface area contributed by atoms with Gasteiger partial charge in [0.2, 0.25) is 6.36 Å². The third-order valence-corrected chi connectivity index (χ3v) is 3.53. The lowest BCUT2D eigenvalue weighted by Gasteiger charge is -2.16. The van der Waals surface area contributed by atoms with E-state index in [2.05, 4.69) is 5.32 Å². The maximum Gasteiger partial charge on any atom is 0.243 e. The molecule has 2 atom stereocenters. The van der Waals surface area contributed by atoms with E-state index in [4.69, 9.17) is 9.84 Å². The molecule has 0 bridgehead atoms. The fraction of sp³-hybridized carbons (Fsp3) is 0.263. The number of rotatable bonds is 7. The lowest BCUT2D eigenvalue weighted by atomic mass is 10.1. The van der Waals surface area contributed by atoms with Crippen molar-refractivity contribution in [3.8, 4) is 5.75 Å². The summed E-state index contributed by atoms with van der Waals surface area (Å²) in [4.78, 5) is 0. The number of alkyl halides is 1. The molecule has 4 heteroatoms. The molecule has 2 aromatic rings. The second kappa shape index (κ2) is 8.34. The van der Waals surface area contributed by atoms with E-state index in [0.717, 1.165) is 16.8 Å². The van der Waals surface area contributed by atoms with Crippen molar-refractivity contribution < 1.29 is 14.2 Å². The van der Waals surface area contributed by atoms with Crippen LogP contribution in [-0.4, -0.2) is 25.1 Å². The molecule has 0 heterocycles. The molecule has 0 saturated carbocycles. The van der Waals surface area contributed by atoms with Crippen LogP contribution < -0.4 is 10.1 Å². The minimum atomic E-state index is -1.51. The first-order valence-corrected chi connectivity index (χ1v) is 7.60. The van der Waals surface area contributed by atoms with Crippen LogP contribution in [-0.2, 0) is 0 Å². The van der Waals surface area contributed by atoms with Crippen molar-refractivity contribution in [1.82, 2.24) is 0 Å². The highest BCUT2D eigenvalue weighted by Crippen LogP contribution is 2.19. The molecule has 0 amide bonds. The van der Waals surface area contributed by atoms with E-state index in [1.54, 1.807) is 19.1 Å². The highest BCUT2D eigenvalue weighted by Gasteiger charge is 2.16. The second-order valence-electron chi connectivity index (χ2n) is 5.40. The summed E-state index contributed by atoms with van der Waals surface area (Å²) in [5, 5.41) is 12.0. The molecule has 0 saturated heterocycles. The van der Waals surface area contributed by atoms with Crippen LogP contribution in [0.1, 0.15) is 18.1 Å². The van der Waals surface area contributed by atoms with Gasteiger partial charge in [0.15, 0.2) is 0 Å². The van der Waals surface area contributed by atoms with Gasteiger partial charge >= 0.3 is 0 Å². The Kier molecular flexibility index (Phi) is 6.18. The van der Waals surface area contributed by atoms with E-state index >= 15 is 0 Å². The number of hydrogen-bond donors (Lipinski definition) is 2. The quantitative estimate of drug-likeness (QED) is 0.752. The van der Waals surface area contributed by atoms with E-state index in [0.29, 0.717) is 5.75 Å². The number of benzene rings is 2. The van der Waals surface area contributed by atoms with Gasteiger partial charge in [-0.1, -0.05) is 43.3 Å².